The number of hydrogen-bond acceptors (Lipinski definition) is 2. The lowest BCUT2D eigenvalue weighted by molar-refractivity contribution is 0.175. The monoisotopic (exact) mass is 129 g/mol. The summed E-state index contributed by atoms with van der Waals surface area (Å²) >= 11 is 0. The van der Waals surface area contributed by atoms with Crippen LogP contribution in [0.1, 0.15) is 20.8 Å². The second-order valence-electron chi connectivity index (χ2n) is 2.99. The molecule has 2 atom stereocenters. The highest BCUT2D eigenvalue weighted by Crippen LogP contribution is 2.24. The normalized spacial score (nSPS) is 34.0. The van der Waals surface area contributed by atoms with Gasteiger partial charge in [0.25, 0.3) is 0 Å². The van der Waals surface area contributed by atoms with Crippen LogP contribution in [0.3, 0.4) is 0 Å². The minimum atomic E-state index is 0.394. The van der Waals surface area contributed by atoms with E-state index >= 15 is 0 Å². The van der Waals surface area contributed by atoms with Crippen molar-refractivity contribution in [3.05, 3.63) is 0 Å². The number of nitrogens with zero attached hydrogens (tertiary/aromatic N) is 1. The Morgan fingerprint density at radius 3 is 2.00 bits per heavy atom. The highest BCUT2D eigenvalue weighted by Gasteiger charge is 2.38. The van der Waals surface area contributed by atoms with E-state index in [-0.39, 0.29) is 0 Å². The van der Waals surface area contributed by atoms with Crippen LogP contribution < -0.4 is 0 Å². The van der Waals surface area contributed by atoms with Crippen LogP contribution in [0.15, 0.2) is 0 Å². The zero-order chi connectivity index (χ0) is 7.02. The van der Waals surface area contributed by atoms with Crippen molar-refractivity contribution in [2.24, 2.45) is 0 Å². The topological polar surface area (TPSA) is 15.8 Å². The van der Waals surface area contributed by atoms with Crippen LogP contribution in [0.25, 0.3) is 0 Å². The van der Waals surface area contributed by atoms with Gasteiger partial charge in [0.15, 0.2) is 0 Å². The number of ether oxygens (including phenoxy) is 1. The van der Waals surface area contributed by atoms with Crippen molar-refractivity contribution in [3.8, 4) is 0 Å². The predicted molar refractivity (Wildman–Crippen MR) is 37.2 cm³/mol. The fourth-order valence-electron chi connectivity index (χ4n) is 0.896. The lowest BCUT2D eigenvalue weighted by Crippen LogP contribution is -2.30. The van der Waals surface area contributed by atoms with Crippen LogP contribution in [0.5, 0.6) is 0 Å². The molecule has 0 saturated carbocycles. The summed E-state index contributed by atoms with van der Waals surface area (Å²) < 4.78 is 5.27. The maximum Gasteiger partial charge on any atom is 0.137 e. The van der Waals surface area contributed by atoms with E-state index in [1.54, 1.807) is 0 Å². The summed E-state index contributed by atoms with van der Waals surface area (Å²) in [7, 11) is 2.10. The standard InChI is InChI=1S/C7H15NO/c1-5(2)8(4)7-6(3)9-7/h5-7H,1-4H3. The minimum Gasteiger partial charge on any atom is -0.353 e. The van der Waals surface area contributed by atoms with Gasteiger partial charge >= 0.3 is 0 Å². The van der Waals surface area contributed by atoms with E-state index in [1.165, 1.54) is 0 Å². The van der Waals surface area contributed by atoms with Crippen molar-refractivity contribution in [1.82, 2.24) is 4.90 Å². The third kappa shape index (κ3) is 1.43. The molecule has 2 nitrogen and oxygen atoms in total. The summed E-state index contributed by atoms with van der Waals surface area (Å²) in [6, 6.07) is 0.597. The van der Waals surface area contributed by atoms with Gasteiger partial charge in [-0.05, 0) is 27.8 Å². The minimum absolute atomic E-state index is 0.394. The van der Waals surface area contributed by atoms with E-state index in [1.807, 2.05) is 0 Å². The summed E-state index contributed by atoms with van der Waals surface area (Å²) in [6.45, 7) is 6.45. The molecule has 0 aromatic rings. The lowest BCUT2D eigenvalue weighted by atomic mass is 10.3. The van der Waals surface area contributed by atoms with E-state index in [0.29, 0.717) is 18.4 Å². The van der Waals surface area contributed by atoms with E-state index in [2.05, 4.69) is 32.7 Å². The van der Waals surface area contributed by atoms with Gasteiger partial charge in [-0.25, -0.2) is 0 Å². The van der Waals surface area contributed by atoms with Crippen LogP contribution in [-0.4, -0.2) is 30.3 Å². The zero-order valence-corrected chi connectivity index (χ0v) is 6.59. The smallest absolute Gasteiger partial charge is 0.137 e. The Labute approximate surface area is 56.8 Å². The third-order valence-corrected chi connectivity index (χ3v) is 1.89. The Balaban J connectivity index is 2.27. The number of epoxide rings is 1. The van der Waals surface area contributed by atoms with Gasteiger partial charge in [0.1, 0.15) is 6.23 Å². The maximum atomic E-state index is 5.27. The first-order valence-corrected chi connectivity index (χ1v) is 3.50. The Hall–Kier alpha value is -0.0800. The largest absolute Gasteiger partial charge is 0.353 e. The van der Waals surface area contributed by atoms with Gasteiger partial charge in [0, 0.05) is 6.04 Å². The summed E-state index contributed by atoms with van der Waals surface area (Å²) in [5.41, 5.74) is 0. The highest BCUT2D eigenvalue weighted by molar-refractivity contribution is 4.80. The summed E-state index contributed by atoms with van der Waals surface area (Å²) in [5, 5.41) is 0. The average molecular weight is 129 g/mol. The van der Waals surface area contributed by atoms with Crippen molar-refractivity contribution >= 4 is 0 Å². The fourth-order valence-corrected chi connectivity index (χ4v) is 0.896. The Kier molecular flexibility index (Phi) is 1.78. The Morgan fingerprint density at radius 2 is 1.89 bits per heavy atom. The molecule has 2 unspecified atom stereocenters. The van der Waals surface area contributed by atoms with E-state index in [0.717, 1.165) is 0 Å². The average Bonchev–Trinajstić information content (AvgIpc) is 2.44. The first-order valence-electron chi connectivity index (χ1n) is 3.50. The van der Waals surface area contributed by atoms with Gasteiger partial charge < -0.3 is 4.74 Å². The quantitative estimate of drug-likeness (QED) is 0.518. The summed E-state index contributed by atoms with van der Waals surface area (Å²) in [6.07, 6.45) is 0.849. The molecule has 0 radical (unpaired) electrons. The first-order chi connectivity index (χ1) is 4.13. The summed E-state index contributed by atoms with van der Waals surface area (Å²) in [4.78, 5) is 2.24. The first kappa shape index (κ1) is 7.03. The van der Waals surface area contributed by atoms with Crippen LogP contribution in [0.4, 0.5) is 0 Å². The molecule has 0 aromatic heterocycles. The van der Waals surface area contributed by atoms with Crippen LogP contribution in [-0.2, 0) is 4.74 Å². The highest BCUT2D eigenvalue weighted by atomic mass is 16.6. The molecule has 1 saturated heterocycles. The molecule has 1 rings (SSSR count). The number of rotatable bonds is 2. The molecule has 0 amide bonds. The van der Waals surface area contributed by atoms with Gasteiger partial charge in [-0.15, -0.1) is 0 Å². The molecular formula is C7H15NO. The molecule has 1 aliphatic rings. The van der Waals surface area contributed by atoms with Gasteiger partial charge in [-0.1, -0.05) is 0 Å². The molecule has 1 fully saturated rings. The van der Waals surface area contributed by atoms with Crippen molar-refractivity contribution in [1.29, 1.82) is 0 Å². The second-order valence-corrected chi connectivity index (χ2v) is 2.99. The molecule has 0 spiro atoms. The molecule has 2 heteroatoms. The van der Waals surface area contributed by atoms with E-state index in [9.17, 15) is 0 Å². The van der Waals surface area contributed by atoms with Crippen molar-refractivity contribution in [2.75, 3.05) is 7.05 Å². The van der Waals surface area contributed by atoms with Crippen molar-refractivity contribution in [3.63, 3.8) is 0 Å². The Bertz CT molecular complexity index is 103. The lowest BCUT2D eigenvalue weighted by Gasteiger charge is -2.17. The van der Waals surface area contributed by atoms with Crippen molar-refractivity contribution in [2.45, 2.75) is 39.1 Å². The van der Waals surface area contributed by atoms with Crippen LogP contribution in [0, 0.1) is 0 Å². The summed E-state index contributed by atoms with van der Waals surface area (Å²) in [5.74, 6) is 0. The molecule has 0 bridgehead atoms. The van der Waals surface area contributed by atoms with Crippen LogP contribution in [0.2, 0.25) is 0 Å². The molecule has 1 aliphatic heterocycles. The Morgan fingerprint density at radius 1 is 1.44 bits per heavy atom. The maximum absolute atomic E-state index is 5.27. The van der Waals surface area contributed by atoms with Gasteiger partial charge in [0.05, 0.1) is 6.10 Å². The predicted octanol–water partition coefficient (Wildman–Crippen LogP) is 1.07. The van der Waals surface area contributed by atoms with Gasteiger partial charge in [0.2, 0.25) is 0 Å². The molecular weight excluding hydrogens is 114 g/mol. The van der Waals surface area contributed by atoms with Gasteiger partial charge in [-0.2, -0.15) is 0 Å². The van der Waals surface area contributed by atoms with E-state index < -0.39 is 0 Å². The fraction of sp³-hybridized carbons (Fsp3) is 1.00. The molecule has 0 aliphatic carbocycles. The van der Waals surface area contributed by atoms with E-state index in [4.69, 9.17) is 4.74 Å². The molecule has 9 heavy (non-hydrogen) atoms. The molecule has 54 valence electrons. The SMILES string of the molecule is CC1OC1N(C)C(C)C. The van der Waals surface area contributed by atoms with Crippen LogP contribution >= 0.6 is 0 Å². The zero-order valence-electron chi connectivity index (χ0n) is 6.59. The second kappa shape index (κ2) is 2.27. The van der Waals surface area contributed by atoms with Crippen molar-refractivity contribution < 1.29 is 4.74 Å². The van der Waals surface area contributed by atoms with Gasteiger partial charge in [-0.3, -0.25) is 4.90 Å². The molecule has 1 heterocycles. The molecule has 0 N–H and O–H groups in total. The molecule has 0 aromatic carbocycles. The third-order valence-electron chi connectivity index (χ3n) is 1.89. The number of hydrogen-bond donors (Lipinski definition) is 0. The number of likely N-dealkylation sites (N-methyl/N-ethyl adjacent to an activating group) is 1.